The van der Waals surface area contributed by atoms with Crippen LogP contribution >= 0.6 is 0 Å². The zero-order chi connectivity index (χ0) is 9.12. The van der Waals surface area contributed by atoms with Gasteiger partial charge < -0.3 is 0 Å². The summed E-state index contributed by atoms with van der Waals surface area (Å²) >= 11 is 0. The van der Waals surface area contributed by atoms with Crippen molar-refractivity contribution in [3.8, 4) is 0 Å². The molecule has 0 saturated heterocycles. The van der Waals surface area contributed by atoms with Gasteiger partial charge in [0.15, 0.2) is 0 Å². The molecule has 0 spiro atoms. The molecular weight excluding hydrogens is 144 g/mol. The summed E-state index contributed by atoms with van der Waals surface area (Å²) in [5.41, 5.74) is 0.771. The average molecular weight is 170 g/mol. The van der Waals surface area contributed by atoms with Crippen LogP contribution in [0.1, 0.15) is 55.4 Å². The first-order chi connectivity index (χ1) is 4.71. The standard InChI is InChI=1S/C11H22.CH4/c1-10(2,3)8-7-9-11(4,5)6;/h7-8H,9H2,1-6H3;1H4/b8-7+;. The Labute approximate surface area is 79.1 Å². The Morgan fingerprint density at radius 3 is 1.58 bits per heavy atom. The highest BCUT2D eigenvalue weighted by Crippen LogP contribution is 2.21. The summed E-state index contributed by atoms with van der Waals surface area (Å²) < 4.78 is 0. The summed E-state index contributed by atoms with van der Waals surface area (Å²) in [4.78, 5) is 0. The molecule has 0 aliphatic rings. The summed E-state index contributed by atoms with van der Waals surface area (Å²) in [5, 5.41) is 0. The molecule has 0 amide bonds. The topological polar surface area (TPSA) is 0 Å². The van der Waals surface area contributed by atoms with Crippen molar-refractivity contribution < 1.29 is 0 Å². The second kappa shape index (κ2) is 4.69. The van der Waals surface area contributed by atoms with Crippen molar-refractivity contribution in [3.05, 3.63) is 12.2 Å². The molecule has 74 valence electrons. The van der Waals surface area contributed by atoms with Gasteiger partial charge in [-0.3, -0.25) is 0 Å². The molecular formula is C12H26. The third-order valence-corrected chi connectivity index (χ3v) is 1.35. The van der Waals surface area contributed by atoms with E-state index in [4.69, 9.17) is 0 Å². The van der Waals surface area contributed by atoms with Crippen molar-refractivity contribution >= 4 is 0 Å². The normalized spacial score (nSPS) is 13.2. The lowest BCUT2D eigenvalue weighted by atomic mass is 9.89. The zero-order valence-electron chi connectivity index (χ0n) is 8.86. The van der Waals surface area contributed by atoms with E-state index < -0.39 is 0 Å². The molecule has 0 bridgehead atoms. The van der Waals surface area contributed by atoms with Crippen molar-refractivity contribution in [1.29, 1.82) is 0 Å². The first-order valence-electron chi connectivity index (χ1n) is 4.38. The smallest absolute Gasteiger partial charge is 0.0203 e. The second-order valence-corrected chi connectivity index (χ2v) is 5.53. The summed E-state index contributed by atoms with van der Waals surface area (Å²) in [6.45, 7) is 13.5. The fraction of sp³-hybridized carbons (Fsp3) is 0.833. The molecule has 0 atom stereocenters. The third-order valence-electron chi connectivity index (χ3n) is 1.35. The number of hydrogen-bond acceptors (Lipinski definition) is 0. The summed E-state index contributed by atoms with van der Waals surface area (Å²) in [5.74, 6) is 0. The van der Waals surface area contributed by atoms with Crippen molar-refractivity contribution in [2.75, 3.05) is 0 Å². The summed E-state index contributed by atoms with van der Waals surface area (Å²) in [6, 6.07) is 0. The molecule has 0 nitrogen and oxygen atoms in total. The minimum Gasteiger partial charge on any atom is -0.0875 e. The fourth-order valence-corrected chi connectivity index (χ4v) is 0.766. The van der Waals surface area contributed by atoms with Crippen LogP contribution in [0.2, 0.25) is 0 Å². The van der Waals surface area contributed by atoms with Crippen LogP contribution in [0, 0.1) is 10.8 Å². The maximum absolute atomic E-state index is 2.29. The van der Waals surface area contributed by atoms with Crippen LogP contribution in [0.5, 0.6) is 0 Å². The molecule has 0 saturated carbocycles. The van der Waals surface area contributed by atoms with Crippen LogP contribution < -0.4 is 0 Å². The molecule has 0 aliphatic heterocycles. The number of rotatable bonds is 1. The van der Waals surface area contributed by atoms with E-state index in [0.717, 1.165) is 0 Å². The summed E-state index contributed by atoms with van der Waals surface area (Å²) in [7, 11) is 0. The first kappa shape index (κ1) is 14.3. The predicted molar refractivity (Wildman–Crippen MR) is 59.4 cm³/mol. The third kappa shape index (κ3) is 12.4. The molecule has 0 radical (unpaired) electrons. The van der Waals surface area contributed by atoms with Gasteiger partial charge in [0, 0.05) is 0 Å². The lowest BCUT2D eigenvalue weighted by Crippen LogP contribution is -2.04. The largest absolute Gasteiger partial charge is 0.0875 e. The number of hydrogen-bond donors (Lipinski definition) is 0. The van der Waals surface area contributed by atoms with E-state index in [1.54, 1.807) is 0 Å². The lowest BCUT2D eigenvalue weighted by molar-refractivity contribution is 0.417. The monoisotopic (exact) mass is 170 g/mol. The van der Waals surface area contributed by atoms with Crippen molar-refractivity contribution in [2.45, 2.75) is 55.4 Å². The van der Waals surface area contributed by atoms with E-state index in [0.29, 0.717) is 10.8 Å². The van der Waals surface area contributed by atoms with Crippen LogP contribution in [-0.4, -0.2) is 0 Å². The van der Waals surface area contributed by atoms with E-state index in [2.05, 4.69) is 53.7 Å². The van der Waals surface area contributed by atoms with Gasteiger partial charge >= 0.3 is 0 Å². The minimum atomic E-state index is 0. The number of allylic oxidation sites excluding steroid dienone is 2. The van der Waals surface area contributed by atoms with Crippen LogP contribution in [0.4, 0.5) is 0 Å². The highest BCUT2D eigenvalue weighted by Gasteiger charge is 2.08. The van der Waals surface area contributed by atoms with E-state index in [1.807, 2.05) is 0 Å². The summed E-state index contributed by atoms with van der Waals surface area (Å²) in [6.07, 6.45) is 5.75. The highest BCUT2D eigenvalue weighted by molar-refractivity contribution is 4.93. The average Bonchev–Trinajstić information content (AvgIpc) is 1.55. The Kier molecular flexibility index (Phi) is 5.58. The Hall–Kier alpha value is -0.260. The Morgan fingerprint density at radius 1 is 0.917 bits per heavy atom. The van der Waals surface area contributed by atoms with E-state index >= 15 is 0 Å². The van der Waals surface area contributed by atoms with E-state index in [1.165, 1.54) is 6.42 Å². The molecule has 0 fully saturated rings. The van der Waals surface area contributed by atoms with Gasteiger partial charge in [-0.25, -0.2) is 0 Å². The minimum absolute atomic E-state index is 0. The fourth-order valence-electron chi connectivity index (χ4n) is 0.766. The predicted octanol–water partition coefficient (Wildman–Crippen LogP) is 4.66. The quantitative estimate of drug-likeness (QED) is 0.502. The van der Waals surface area contributed by atoms with Crippen molar-refractivity contribution in [1.82, 2.24) is 0 Å². The van der Waals surface area contributed by atoms with Gasteiger partial charge in [-0.2, -0.15) is 0 Å². The van der Waals surface area contributed by atoms with Crippen LogP contribution in [-0.2, 0) is 0 Å². The molecule has 0 unspecified atom stereocenters. The maximum Gasteiger partial charge on any atom is -0.0203 e. The van der Waals surface area contributed by atoms with Gasteiger partial charge in [0.2, 0.25) is 0 Å². The van der Waals surface area contributed by atoms with Gasteiger partial charge in [0.25, 0.3) is 0 Å². The van der Waals surface area contributed by atoms with Gasteiger partial charge in [0.1, 0.15) is 0 Å². The highest BCUT2D eigenvalue weighted by atomic mass is 14.1. The zero-order valence-corrected chi connectivity index (χ0v) is 8.86. The van der Waals surface area contributed by atoms with E-state index in [9.17, 15) is 0 Å². The lowest BCUT2D eigenvalue weighted by Gasteiger charge is -2.17. The van der Waals surface area contributed by atoms with Gasteiger partial charge in [-0.1, -0.05) is 61.1 Å². The second-order valence-electron chi connectivity index (χ2n) is 5.53. The SMILES string of the molecule is C.CC(C)(C)/C=C/CC(C)(C)C. The van der Waals surface area contributed by atoms with Crippen molar-refractivity contribution in [3.63, 3.8) is 0 Å². The first-order valence-corrected chi connectivity index (χ1v) is 4.38. The molecule has 0 rings (SSSR count). The Morgan fingerprint density at radius 2 is 1.33 bits per heavy atom. The molecule has 0 heteroatoms. The molecule has 0 N–H and O–H groups in total. The Balaban J connectivity index is 0. The van der Waals surface area contributed by atoms with Gasteiger partial charge in [-0.15, -0.1) is 0 Å². The van der Waals surface area contributed by atoms with Crippen molar-refractivity contribution in [2.24, 2.45) is 10.8 Å². The van der Waals surface area contributed by atoms with Crippen LogP contribution in [0.15, 0.2) is 12.2 Å². The molecule has 0 heterocycles. The Bertz CT molecular complexity index is 127. The molecule has 0 aromatic heterocycles. The maximum atomic E-state index is 2.29. The molecule has 12 heavy (non-hydrogen) atoms. The van der Waals surface area contributed by atoms with Crippen LogP contribution in [0.3, 0.4) is 0 Å². The van der Waals surface area contributed by atoms with Crippen LogP contribution in [0.25, 0.3) is 0 Å². The molecule has 0 aromatic carbocycles. The molecule has 0 aliphatic carbocycles. The molecule has 0 aromatic rings. The van der Waals surface area contributed by atoms with Gasteiger partial charge in [-0.05, 0) is 17.3 Å². The van der Waals surface area contributed by atoms with Gasteiger partial charge in [0.05, 0.1) is 0 Å². The van der Waals surface area contributed by atoms with E-state index in [-0.39, 0.29) is 7.43 Å².